The van der Waals surface area contributed by atoms with E-state index in [2.05, 4.69) is 43.2 Å². The number of benzene rings is 1. The van der Waals surface area contributed by atoms with Crippen molar-refractivity contribution in [1.82, 2.24) is 10.3 Å². The number of nitrogens with zero attached hydrogens (tertiary/aromatic N) is 1. The van der Waals surface area contributed by atoms with Gasteiger partial charge in [0.1, 0.15) is 0 Å². The molecule has 0 atom stereocenters. The molecule has 1 N–H and O–H groups in total. The Morgan fingerprint density at radius 2 is 1.91 bits per heavy atom. The van der Waals surface area contributed by atoms with Gasteiger partial charge in [0.25, 0.3) is 5.91 Å². The summed E-state index contributed by atoms with van der Waals surface area (Å²) in [7, 11) is 0. The van der Waals surface area contributed by atoms with Crippen LogP contribution in [0.3, 0.4) is 0 Å². The van der Waals surface area contributed by atoms with Crippen molar-refractivity contribution >= 4 is 12.0 Å². The molecule has 0 aliphatic heterocycles. The molecule has 0 unspecified atom stereocenters. The molecule has 0 aliphatic rings. The maximum absolute atomic E-state index is 12.1. The lowest BCUT2D eigenvalue weighted by Gasteiger charge is -2.11. The summed E-state index contributed by atoms with van der Waals surface area (Å²) in [6.07, 6.45) is 7.71. The van der Waals surface area contributed by atoms with Crippen LogP contribution in [0, 0.1) is 5.41 Å². The summed E-state index contributed by atoms with van der Waals surface area (Å²) in [6.45, 7) is 6.95. The minimum Gasteiger partial charge on any atom is -0.348 e. The lowest BCUT2D eigenvalue weighted by molar-refractivity contribution is 0.0951. The summed E-state index contributed by atoms with van der Waals surface area (Å²) in [4.78, 5) is 16.1. The number of aromatic nitrogens is 1. The van der Waals surface area contributed by atoms with E-state index in [1.807, 2.05) is 36.4 Å². The molecule has 0 saturated carbocycles. The molecular formula is C19H22N2O. The first-order valence-electron chi connectivity index (χ1n) is 7.40. The summed E-state index contributed by atoms with van der Waals surface area (Å²) in [5.74, 6) is -0.0739. The van der Waals surface area contributed by atoms with E-state index in [0.29, 0.717) is 12.1 Å². The third kappa shape index (κ3) is 5.17. The Labute approximate surface area is 132 Å². The Balaban J connectivity index is 1.95. The highest BCUT2D eigenvalue weighted by Crippen LogP contribution is 2.17. The van der Waals surface area contributed by atoms with Crippen molar-refractivity contribution in [3.8, 4) is 0 Å². The van der Waals surface area contributed by atoms with E-state index < -0.39 is 0 Å². The van der Waals surface area contributed by atoms with Crippen LogP contribution in [0.2, 0.25) is 0 Å². The molecule has 2 aromatic rings. The second-order valence-corrected chi connectivity index (χ2v) is 6.37. The molecule has 0 aliphatic carbocycles. The van der Waals surface area contributed by atoms with E-state index in [1.54, 1.807) is 12.4 Å². The Hall–Kier alpha value is -2.42. The molecule has 114 valence electrons. The van der Waals surface area contributed by atoms with Gasteiger partial charge in [-0.15, -0.1) is 0 Å². The van der Waals surface area contributed by atoms with Crippen LogP contribution in [0.5, 0.6) is 0 Å². The van der Waals surface area contributed by atoms with Gasteiger partial charge >= 0.3 is 0 Å². The predicted molar refractivity (Wildman–Crippen MR) is 90.3 cm³/mol. The molecule has 0 fully saturated rings. The number of nitrogens with one attached hydrogen (secondary N) is 1. The smallest absolute Gasteiger partial charge is 0.251 e. The summed E-state index contributed by atoms with van der Waals surface area (Å²) < 4.78 is 0. The highest BCUT2D eigenvalue weighted by molar-refractivity contribution is 5.94. The van der Waals surface area contributed by atoms with Gasteiger partial charge in [0.2, 0.25) is 0 Å². The Kier molecular flexibility index (Phi) is 5.10. The predicted octanol–water partition coefficient (Wildman–Crippen LogP) is 4.07. The summed E-state index contributed by atoms with van der Waals surface area (Å²) in [5, 5.41) is 2.89. The van der Waals surface area contributed by atoms with Gasteiger partial charge in [0.05, 0.1) is 0 Å². The molecule has 3 heteroatoms. The van der Waals surface area contributed by atoms with Crippen LogP contribution in [0.25, 0.3) is 6.08 Å². The molecule has 0 spiro atoms. The van der Waals surface area contributed by atoms with E-state index in [-0.39, 0.29) is 11.3 Å². The lowest BCUT2D eigenvalue weighted by Crippen LogP contribution is -2.22. The van der Waals surface area contributed by atoms with Crippen molar-refractivity contribution in [2.75, 3.05) is 0 Å². The minimum absolute atomic E-state index is 0.0739. The van der Waals surface area contributed by atoms with Crippen LogP contribution < -0.4 is 5.32 Å². The largest absolute Gasteiger partial charge is 0.348 e. The Morgan fingerprint density at radius 3 is 2.50 bits per heavy atom. The van der Waals surface area contributed by atoms with Gasteiger partial charge in [-0.2, -0.15) is 0 Å². The second kappa shape index (κ2) is 7.03. The zero-order valence-corrected chi connectivity index (χ0v) is 13.3. The zero-order chi connectivity index (χ0) is 16.0. The Morgan fingerprint density at radius 1 is 1.18 bits per heavy atom. The molecule has 1 heterocycles. The van der Waals surface area contributed by atoms with E-state index >= 15 is 0 Å². The maximum Gasteiger partial charge on any atom is 0.251 e. The fourth-order valence-corrected chi connectivity index (χ4v) is 1.88. The second-order valence-electron chi connectivity index (χ2n) is 6.37. The highest BCUT2D eigenvalue weighted by atomic mass is 16.1. The van der Waals surface area contributed by atoms with Gasteiger partial charge < -0.3 is 5.32 Å². The first-order chi connectivity index (χ1) is 10.4. The molecule has 22 heavy (non-hydrogen) atoms. The highest BCUT2D eigenvalue weighted by Gasteiger charge is 2.06. The average Bonchev–Trinajstić information content (AvgIpc) is 2.51. The van der Waals surface area contributed by atoms with E-state index in [0.717, 1.165) is 11.1 Å². The topological polar surface area (TPSA) is 42.0 Å². The minimum atomic E-state index is -0.0739. The van der Waals surface area contributed by atoms with E-state index in [9.17, 15) is 4.79 Å². The van der Waals surface area contributed by atoms with Gasteiger partial charge in [-0.1, -0.05) is 51.1 Å². The van der Waals surface area contributed by atoms with Crippen molar-refractivity contribution in [3.05, 3.63) is 71.6 Å². The number of pyridine rings is 1. The third-order valence-electron chi connectivity index (χ3n) is 3.12. The number of rotatable bonds is 4. The summed E-state index contributed by atoms with van der Waals surface area (Å²) >= 11 is 0. The first kappa shape index (κ1) is 16.0. The Bertz CT molecular complexity index is 637. The van der Waals surface area contributed by atoms with Crippen LogP contribution >= 0.6 is 0 Å². The van der Waals surface area contributed by atoms with Crippen LogP contribution in [0.1, 0.15) is 42.3 Å². The number of amides is 1. The standard InChI is InChI=1S/C19H22N2O/c1-19(2,3)11-10-15-6-8-17(9-7-15)18(22)21-14-16-5-4-12-20-13-16/h4-13H,14H2,1-3H3,(H,21,22)/b11-10+. The molecule has 0 saturated heterocycles. The molecule has 0 radical (unpaired) electrons. The van der Waals surface area contributed by atoms with Crippen molar-refractivity contribution in [1.29, 1.82) is 0 Å². The number of carbonyl (C=O) groups is 1. The number of carbonyl (C=O) groups excluding carboxylic acids is 1. The molecule has 1 aromatic carbocycles. The normalized spacial score (nSPS) is 11.6. The van der Waals surface area contributed by atoms with Crippen LogP contribution in [-0.4, -0.2) is 10.9 Å². The summed E-state index contributed by atoms with van der Waals surface area (Å²) in [6, 6.07) is 11.4. The fourth-order valence-electron chi connectivity index (χ4n) is 1.88. The molecular weight excluding hydrogens is 272 g/mol. The zero-order valence-electron chi connectivity index (χ0n) is 13.3. The number of hydrogen-bond donors (Lipinski definition) is 1. The van der Waals surface area contributed by atoms with Gasteiger partial charge in [0, 0.05) is 24.5 Å². The quantitative estimate of drug-likeness (QED) is 0.923. The summed E-state index contributed by atoms with van der Waals surface area (Å²) in [5.41, 5.74) is 2.90. The molecule has 1 aromatic heterocycles. The third-order valence-corrected chi connectivity index (χ3v) is 3.12. The monoisotopic (exact) mass is 294 g/mol. The first-order valence-corrected chi connectivity index (χ1v) is 7.40. The van der Waals surface area contributed by atoms with Gasteiger partial charge in [0.15, 0.2) is 0 Å². The van der Waals surface area contributed by atoms with Crippen LogP contribution in [0.15, 0.2) is 54.9 Å². The SMILES string of the molecule is CC(C)(C)/C=C/c1ccc(C(=O)NCc2cccnc2)cc1. The average molecular weight is 294 g/mol. The van der Waals surface area contributed by atoms with Crippen LogP contribution in [0.4, 0.5) is 0 Å². The molecule has 0 bridgehead atoms. The van der Waals surface area contributed by atoms with Gasteiger partial charge in [-0.3, -0.25) is 9.78 Å². The molecule has 3 nitrogen and oxygen atoms in total. The maximum atomic E-state index is 12.1. The van der Waals surface area contributed by atoms with Crippen molar-refractivity contribution in [2.45, 2.75) is 27.3 Å². The van der Waals surface area contributed by atoms with Crippen molar-refractivity contribution in [2.24, 2.45) is 5.41 Å². The fraction of sp³-hybridized carbons (Fsp3) is 0.263. The number of allylic oxidation sites excluding steroid dienone is 1. The van der Waals surface area contributed by atoms with Crippen molar-refractivity contribution in [3.63, 3.8) is 0 Å². The molecule has 2 rings (SSSR count). The van der Waals surface area contributed by atoms with Gasteiger partial charge in [-0.05, 0) is 34.7 Å². The molecule has 1 amide bonds. The number of hydrogen-bond acceptors (Lipinski definition) is 2. The van der Waals surface area contributed by atoms with Crippen molar-refractivity contribution < 1.29 is 4.79 Å². The van der Waals surface area contributed by atoms with E-state index in [4.69, 9.17) is 0 Å². The van der Waals surface area contributed by atoms with E-state index in [1.165, 1.54) is 0 Å². The lowest BCUT2D eigenvalue weighted by atomic mass is 9.95. The van der Waals surface area contributed by atoms with Crippen LogP contribution in [-0.2, 0) is 6.54 Å². The van der Waals surface area contributed by atoms with Gasteiger partial charge in [-0.25, -0.2) is 0 Å².